The van der Waals surface area contributed by atoms with Gasteiger partial charge in [0.2, 0.25) is 0 Å². The number of hydrogen-bond acceptors (Lipinski definition) is 4. The third-order valence-electron chi connectivity index (χ3n) is 4.44. The average Bonchev–Trinajstić information content (AvgIpc) is 2.64. The van der Waals surface area contributed by atoms with Crippen LogP contribution in [-0.4, -0.2) is 49.8 Å². The molecule has 140 valence electrons. The van der Waals surface area contributed by atoms with Crippen LogP contribution in [0.1, 0.15) is 24.0 Å². The number of benzene rings is 2. The Balaban J connectivity index is 0.00000243. The van der Waals surface area contributed by atoms with E-state index in [2.05, 4.69) is 4.90 Å². The summed E-state index contributed by atoms with van der Waals surface area (Å²) >= 11 is 0. The predicted molar refractivity (Wildman–Crippen MR) is 97.5 cm³/mol. The number of hydrogen-bond donors (Lipinski definition) is 0. The molecule has 0 bridgehead atoms. The van der Waals surface area contributed by atoms with Crippen molar-refractivity contribution in [2.75, 3.05) is 32.8 Å². The smallest absolute Gasteiger partial charge is 0.318 e. The molecule has 26 heavy (non-hydrogen) atoms. The highest BCUT2D eigenvalue weighted by Gasteiger charge is 2.26. The third kappa shape index (κ3) is 5.56. The van der Waals surface area contributed by atoms with Gasteiger partial charge in [-0.3, -0.25) is 9.69 Å². The van der Waals surface area contributed by atoms with Gasteiger partial charge in [-0.2, -0.15) is 0 Å². The molecule has 5 heteroatoms. The van der Waals surface area contributed by atoms with Gasteiger partial charge in [0.15, 0.2) is 0 Å². The van der Waals surface area contributed by atoms with Gasteiger partial charge in [0.1, 0.15) is 12.0 Å². The SMILES string of the molecule is CC(CN1CCOCC1)OC(=O)C(c1ccccc1)c1ccccc1.[Cl-]. The van der Waals surface area contributed by atoms with Crippen LogP contribution in [0.5, 0.6) is 0 Å². The molecule has 0 N–H and O–H groups in total. The number of halogens is 1. The highest BCUT2D eigenvalue weighted by atomic mass is 35.5. The van der Waals surface area contributed by atoms with E-state index < -0.39 is 5.92 Å². The molecule has 1 unspecified atom stereocenters. The predicted octanol–water partition coefficient (Wildman–Crippen LogP) is 0.0864. The van der Waals surface area contributed by atoms with Crippen LogP contribution in [0.2, 0.25) is 0 Å². The van der Waals surface area contributed by atoms with Gasteiger partial charge in [-0.25, -0.2) is 0 Å². The zero-order valence-corrected chi connectivity index (χ0v) is 15.8. The zero-order valence-electron chi connectivity index (χ0n) is 15.0. The Kier molecular flexibility index (Phi) is 8.10. The van der Waals surface area contributed by atoms with Gasteiger partial charge >= 0.3 is 5.97 Å². The summed E-state index contributed by atoms with van der Waals surface area (Å²) in [6.07, 6.45) is -0.152. The zero-order chi connectivity index (χ0) is 17.5. The Morgan fingerprint density at radius 1 is 1.00 bits per heavy atom. The maximum atomic E-state index is 12.9. The first-order chi connectivity index (χ1) is 12.2. The second kappa shape index (κ2) is 10.3. The number of morpholine rings is 1. The van der Waals surface area contributed by atoms with Gasteiger partial charge in [-0.1, -0.05) is 60.7 Å². The largest absolute Gasteiger partial charge is 1.00 e. The topological polar surface area (TPSA) is 38.8 Å². The molecule has 1 heterocycles. The van der Waals surface area contributed by atoms with Gasteiger partial charge in [-0.15, -0.1) is 0 Å². The van der Waals surface area contributed by atoms with Gasteiger partial charge in [0.05, 0.1) is 13.2 Å². The van der Waals surface area contributed by atoms with E-state index in [-0.39, 0.29) is 24.5 Å². The summed E-state index contributed by atoms with van der Waals surface area (Å²) in [6, 6.07) is 19.6. The lowest BCUT2D eigenvalue weighted by atomic mass is 9.91. The molecule has 0 aliphatic carbocycles. The second-order valence-electron chi connectivity index (χ2n) is 6.41. The van der Waals surface area contributed by atoms with Gasteiger partial charge in [0, 0.05) is 19.6 Å². The van der Waals surface area contributed by atoms with Crippen molar-refractivity contribution in [2.24, 2.45) is 0 Å². The van der Waals surface area contributed by atoms with Crippen molar-refractivity contribution < 1.29 is 26.7 Å². The standard InChI is InChI=1S/C21H25NO3.ClH/c1-17(16-22-12-14-24-15-13-22)25-21(23)20(18-8-4-2-5-9-18)19-10-6-3-7-11-19;/h2-11,17,20H,12-16H2,1H3;1H/p-1. The number of nitrogens with zero attached hydrogens (tertiary/aromatic N) is 1. The lowest BCUT2D eigenvalue weighted by molar-refractivity contribution is -0.150. The number of carbonyl (C=O) groups is 1. The molecule has 1 saturated heterocycles. The highest BCUT2D eigenvalue weighted by Crippen LogP contribution is 2.26. The Bertz CT molecular complexity index is 620. The van der Waals surface area contributed by atoms with Crippen LogP contribution >= 0.6 is 0 Å². The van der Waals surface area contributed by atoms with E-state index in [1.807, 2.05) is 67.6 Å². The fraction of sp³-hybridized carbons (Fsp3) is 0.381. The molecule has 1 aliphatic rings. The summed E-state index contributed by atoms with van der Waals surface area (Å²) in [6.45, 7) is 5.98. The maximum Gasteiger partial charge on any atom is 0.318 e. The van der Waals surface area contributed by atoms with Crippen molar-refractivity contribution >= 4 is 5.97 Å². The van der Waals surface area contributed by atoms with E-state index in [9.17, 15) is 4.79 Å². The number of carbonyl (C=O) groups excluding carboxylic acids is 1. The Labute approximate surface area is 161 Å². The third-order valence-corrected chi connectivity index (χ3v) is 4.44. The molecule has 0 radical (unpaired) electrons. The highest BCUT2D eigenvalue weighted by molar-refractivity contribution is 5.82. The molecule has 3 rings (SSSR count). The van der Waals surface area contributed by atoms with Crippen LogP contribution in [0.4, 0.5) is 0 Å². The molecule has 0 amide bonds. The second-order valence-corrected chi connectivity index (χ2v) is 6.41. The van der Waals surface area contributed by atoms with Crippen LogP contribution in [0.3, 0.4) is 0 Å². The normalized spacial score (nSPS) is 15.9. The van der Waals surface area contributed by atoms with E-state index in [0.29, 0.717) is 0 Å². The van der Waals surface area contributed by atoms with Crippen LogP contribution in [0.25, 0.3) is 0 Å². The molecule has 2 aromatic rings. The molecule has 1 fully saturated rings. The summed E-state index contributed by atoms with van der Waals surface area (Å²) < 4.78 is 11.2. The van der Waals surface area contributed by atoms with Crippen molar-refractivity contribution in [1.82, 2.24) is 4.90 Å². The summed E-state index contributed by atoms with van der Waals surface area (Å²) in [5, 5.41) is 0. The van der Waals surface area contributed by atoms with Crippen molar-refractivity contribution in [3.8, 4) is 0 Å². The van der Waals surface area contributed by atoms with Crippen LogP contribution in [0.15, 0.2) is 60.7 Å². The fourth-order valence-electron chi connectivity index (χ4n) is 3.21. The minimum atomic E-state index is -0.394. The Morgan fingerprint density at radius 3 is 2.00 bits per heavy atom. The minimum Gasteiger partial charge on any atom is -1.00 e. The summed E-state index contributed by atoms with van der Waals surface area (Å²) in [7, 11) is 0. The van der Waals surface area contributed by atoms with E-state index in [4.69, 9.17) is 9.47 Å². The van der Waals surface area contributed by atoms with E-state index in [0.717, 1.165) is 44.0 Å². The fourth-order valence-corrected chi connectivity index (χ4v) is 3.21. The number of rotatable bonds is 6. The van der Waals surface area contributed by atoms with Crippen LogP contribution in [-0.2, 0) is 14.3 Å². The molecule has 1 aliphatic heterocycles. The van der Waals surface area contributed by atoms with E-state index in [1.165, 1.54) is 0 Å². The summed E-state index contributed by atoms with van der Waals surface area (Å²) in [5.41, 5.74) is 1.91. The monoisotopic (exact) mass is 374 g/mol. The molecule has 0 saturated carbocycles. The summed E-state index contributed by atoms with van der Waals surface area (Å²) in [5.74, 6) is -0.590. The first-order valence-electron chi connectivity index (χ1n) is 8.84. The van der Waals surface area contributed by atoms with Gasteiger partial charge < -0.3 is 21.9 Å². The molecule has 0 spiro atoms. The van der Waals surface area contributed by atoms with Crippen molar-refractivity contribution in [2.45, 2.75) is 18.9 Å². The Morgan fingerprint density at radius 2 is 1.50 bits per heavy atom. The molecular weight excluding hydrogens is 350 g/mol. The number of ether oxygens (including phenoxy) is 2. The minimum absolute atomic E-state index is 0. The average molecular weight is 375 g/mol. The van der Waals surface area contributed by atoms with Gasteiger partial charge in [-0.05, 0) is 18.1 Å². The number of esters is 1. The Hall–Kier alpha value is -1.88. The maximum absolute atomic E-state index is 12.9. The van der Waals surface area contributed by atoms with Crippen molar-refractivity contribution in [3.63, 3.8) is 0 Å². The lowest BCUT2D eigenvalue weighted by Gasteiger charge is -2.29. The van der Waals surface area contributed by atoms with E-state index in [1.54, 1.807) is 0 Å². The van der Waals surface area contributed by atoms with Crippen LogP contribution < -0.4 is 12.4 Å². The van der Waals surface area contributed by atoms with E-state index >= 15 is 0 Å². The molecule has 1 atom stereocenters. The first-order valence-corrected chi connectivity index (χ1v) is 8.84. The quantitative estimate of drug-likeness (QED) is 0.672. The molecular formula is C21H25ClNO3-. The molecule has 0 aromatic heterocycles. The molecule has 4 nitrogen and oxygen atoms in total. The summed E-state index contributed by atoms with van der Waals surface area (Å²) in [4.78, 5) is 15.2. The van der Waals surface area contributed by atoms with Crippen LogP contribution in [0, 0.1) is 0 Å². The van der Waals surface area contributed by atoms with Gasteiger partial charge in [0.25, 0.3) is 0 Å². The first kappa shape index (κ1) is 20.4. The van der Waals surface area contributed by atoms with Crippen molar-refractivity contribution in [1.29, 1.82) is 0 Å². The van der Waals surface area contributed by atoms with Crippen molar-refractivity contribution in [3.05, 3.63) is 71.8 Å². The lowest BCUT2D eigenvalue weighted by Crippen LogP contribution is -3.00. The molecule has 2 aromatic carbocycles.